The van der Waals surface area contributed by atoms with Crippen molar-refractivity contribution in [1.29, 1.82) is 0 Å². The number of nitrogens with zero attached hydrogens (tertiary/aromatic N) is 2. The predicted molar refractivity (Wildman–Crippen MR) is 83.7 cm³/mol. The number of rotatable bonds is 4. The molecule has 0 bridgehead atoms. The summed E-state index contributed by atoms with van der Waals surface area (Å²) in [5.41, 5.74) is 1.10. The quantitative estimate of drug-likeness (QED) is 0.843. The lowest BCUT2D eigenvalue weighted by molar-refractivity contribution is -0.115. The highest BCUT2D eigenvalue weighted by atomic mass is 16.5. The van der Waals surface area contributed by atoms with Crippen LogP contribution in [-0.2, 0) is 4.79 Å². The van der Waals surface area contributed by atoms with Crippen LogP contribution in [0, 0.1) is 0 Å². The monoisotopic (exact) mass is 311 g/mol. The first-order valence-electron chi connectivity index (χ1n) is 6.81. The van der Waals surface area contributed by atoms with Gasteiger partial charge in [0.05, 0.1) is 12.7 Å². The van der Waals surface area contributed by atoms with Crippen molar-refractivity contribution in [2.24, 2.45) is 4.99 Å². The number of nitrogens with one attached hydrogen (secondary N) is 1. The van der Waals surface area contributed by atoms with Gasteiger partial charge in [0.2, 0.25) is 5.91 Å². The number of benzene rings is 1. The highest BCUT2D eigenvalue weighted by molar-refractivity contribution is 6.12. The van der Waals surface area contributed by atoms with E-state index in [0.717, 1.165) is 0 Å². The largest absolute Gasteiger partial charge is 0.494 e. The van der Waals surface area contributed by atoms with Gasteiger partial charge in [0.15, 0.2) is 0 Å². The zero-order valence-corrected chi connectivity index (χ0v) is 12.2. The van der Waals surface area contributed by atoms with Gasteiger partial charge < -0.3 is 15.2 Å². The summed E-state index contributed by atoms with van der Waals surface area (Å²) in [4.78, 5) is 31.4. The molecule has 3 rings (SSSR count). The first-order chi connectivity index (χ1) is 11.1. The normalized spacial score (nSPS) is 16.2. The van der Waals surface area contributed by atoms with E-state index < -0.39 is 11.9 Å². The average Bonchev–Trinajstić information content (AvgIpc) is 2.87. The molecule has 23 heavy (non-hydrogen) atoms. The maximum Gasteiger partial charge on any atom is 0.337 e. The molecule has 116 valence electrons. The Labute approximate surface area is 131 Å². The third-order valence-electron chi connectivity index (χ3n) is 3.47. The molecule has 0 radical (unpaired) electrons. The predicted octanol–water partition coefficient (Wildman–Crippen LogP) is 2.23. The van der Waals surface area contributed by atoms with Gasteiger partial charge in [0.25, 0.3) is 0 Å². The minimum atomic E-state index is -1.10. The van der Waals surface area contributed by atoms with Crippen molar-refractivity contribution in [3.8, 4) is 5.75 Å². The van der Waals surface area contributed by atoms with Crippen LogP contribution < -0.4 is 10.1 Å². The van der Waals surface area contributed by atoms with Crippen LogP contribution >= 0.6 is 0 Å². The van der Waals surface area contributed by atoms with Crippen LogP contribution in [0.15, 0.2) is 41.5 Å². The van der Waals surface area contributed by atoms with Crippen molar-refractivity contribution < 1.29 is 19.4 Å². The van der Waals surface area contributed by atoms with Crippen LogP contribution in [0.5, 0.6) is 5.75 Å². The lowest BCUT2D eigenvalue weighted by atomic mass is 10.0. The van der Waals surface area contributed by atoms with Crippen LogP contribution in [0.3, 0.4) is 0 Å². The summed E-state index contributed by atoms with van der Waals surface area (Å²) in [7, 11) is 1.54. The number of carbonyl (C=O) groups excluding carboxylic acids is 1. The fourth-order valence-electron chi connectivity index (χ4n) is 2.32. The molecule has 1 unspecified atom stereocenters. The zero-order valence-electron chi connectivity index (χ0n) is 12.2. The Morgan fingerprint density at radius 3 is 2.96 bits per heavy atom. The standard InChI is InChI=1S/C16H13N3O4/c1-23-13-5-3-2-4-12(13)17-8-11-10-6-9(16(21)22)7-18-14(10)19-15(11)20/h2-8,11H,1H3,(H,21,22)(H,18,19,20). The molecule has 0 spiro atoms. The molecule has 2 N–H and O–H groups in total. The smallest absolute Gasteiger partial charge is 0.337 e. The third-order valence-corrected chi connectivity index (χ3v) is 3.47. The summed E-state index contributed by atoms with van der Waals surface area (Å²) in [5, 5.41) is 11.7. The number of carboxylic acid groups (broad SMARTS) is 1. The van der Waals surface area contributed by atoms with Crippen LogP contribution in [0.1, 0.15) is 21.8 Å². The summed E-state index contributed by atoms with van der Waals surface area (Å²) in [5.74, 6) is -1.15. The molecule has 7 heteroatoms. The SMILES string of the molecule is COc1ccccc1N=CC1C(=O)Nc2ncc(C(=O)O)cc21. The molecule has 1 atom stereocenters. The number of pyridine rings is 1. The first-order valence-corrected chi connectivity index (χ1v) is 6.81. The van der Waals surface area contributed by atoms with E-state index in [1.165, 1.54) is 25.6 Å². The molecule has 1 amide bonds. The number of hydrogen-bond donors (Lipinski definition) is 2. The van der Waals surface area contributed by atoms with Crippen molar-refractivity contribution in [2.45, 2.75) is 5.92 Å². The number of ether oxygens (including phenoxy) is 1. The molecule has 7 nitrogen and oxygen atoms in total. The van der Waals surface area contributed by atoms with Crippen LogP contribution in [0.4, 0.5) is 11.5 Å². The second-order valence-corrected chi connectivity index (χ2v) is 4.88. The Balaban J connectivity index is 1.95. The summed E-state index contributed by atoms with van der Waals surface area (Å²) < 4.78 is 5.20. The number of amides is 1. The van der Waals surface area contributed by atoms with Crippen LogP contribution in [0.25, 0.3) is 0 Å². The number of fused-ring (bicyclic) bond motifs is 1. The van der Waals surface area contributed by atoms with Gasteiger partial charge in [-0.1, -0.05) is 12.1 Å². The van der Waals surface area contributed by atoms with Gasteiger partial charge in [0, 0.05) is 18.0 Å². The first kappa shape index (κ1) is 14.7. The fraction of sp³-hybridized carbons (Fsp3) is 0.125. The second kappa shape index (κ2) is 5.88. The number of aromatic nitrogens is 1. The van der Waals surface area contributed by atoms with Gasteiger partial charge in [-0.3, -0.25) is 9.79 Å². The summed E-state index contributed by atoms with van der Waals surface area (Å²) in [6, 6.07) is 8.58. The van der Waals surface area contributed by atoms with E-state index in [4.69, 9.17) is 9.84 Å². The maximum absolute atomic E-state index is 12.1. The fourth-order valence-corrected chi connectivity index (χ4v) is 2.32. The van der Waals surface area contributed by atoms with E-state index in [1.807, 2.05) is 12.1 Å². The van der Waals surface area contributed by atoms with Crippen molar-refractivity contribution >= 4 is 29.6 Å². The molecule has 0 saturated carbocycles. The van der Waals surface area contributed by atoms with Crippen molar-refractivity contribution in [1.82, 2.24) is 4.98 Å². The van der Waals surface area contributed by atoms with E-state index in [9.17, 15) is 9.59 Å². The summed E-state index contributed by atoms with van der Waals surface area (Å²) in [6.07, 6.45) is 2.67. The Morgan fingerprint density at radius 1 is 1.43 bits per heavy atom. The minimum Gasteiger partial charge on any atom is -0.494 e. The van der Waals surface area contributed by atoms with Gasteiger partial charge >= 0.3 is 5.97 Å². The van der Waals surface area contributed by atoms with E-state index >= 15 is 0 Å². The van der Waals surface area contributed by atoms with Gasteiger partial charge in [0.1, 0.15) is 23.2 Å². The highest BCUT2D eigenvalue weighted by Crippen LogP contribution is 2.32. The number of methoxy groups -OCH3 is 1. The van der Waals surface area contributed by atoms with E-state index in [-0.39, 0.29) is 11.5 Å². The van der Waals surface area contributed by atoms with Crippen LogP contribution in [0.2, 0.25) is 0 Å². The van der Waals surface area contributed by atoms with Gasteiger partial charge in [-0.05, 0) is 18.2 Å². The molecule has 1 aromatic carbocycles. The molecule has 0 fully saturated rings. The Bertz CT molecular complexity index is 817. The Kier molecular flexibility index (Phi) is 3.76. The van der Waals surface area contributed by atoms with Gasteiger partial charge in [-0.2, -0.15) is 0 Å². The van der Waals surface area contributed by atoms with E-state index in [1.54, 1.807) is 12.1 Å². The van der Waals surface area contributed by atoms with Gasteiger partial charge in [-0.15, -0.1) is 0 Å². The molecular weight excluding hydrogens is 298 g/mol. The third kappa shape index (κ3) is 2.76. The van der Waals surface area contributed by atoms with Gasteiger partial charge in [-0.25, -0.2) is 9.78 Å². The molecule has 2 aromatic rings. The molecule has 2 heterocycles. The molecular formula is C16H13N3O4. The number of aromatic carboxylic acids is 1. The van der Waals surface area contributed by atoms with E-state index in [0.29, 0.717) is 22.8 Å². The van der Waals surface area contributed by atoms with E-state index in [2.05, 4.69) is 15.3 Å². The molecule has 1 aliphatic heterocycles. The molecule has 0 aliphatic carbocycles. The Hall–Kier alpha value is -3.22. The highest BCUT2D eigenvalue weighted by Gasteiger charge is 2.31. The number of aliphatic imine (C=N–C) groups is 1. The lowest BCUT2D eigenvalue weighted by Gasteiger charge is -2.05. The number of carbonyl (C=O) groups is 2. The maximum atomic E-state index is 12.1. The molecule has 1 aliphatic rings. The second-order valence-electron chi connectivity index (χ2n) is 4.88. The topological polar surface area (TPSA) is 101 Å². The molecule has 1 aromatic heterocycles. The van der Waals surface area contributed by atoms with Crippen LogP contribution in [-0.4, -0.2) is 35.3 Å². The number of para-hydroxylation sites is 2. The summed E-state index contributed by atoms with van der Waals surface area (Å²) in [6.45, 7) is 0. The zero-order chi connectivity index (χ0) is 16.4. The average molecular weight is 311 g/mol. The Morgan fingerprint density at radius 2 is 2.22 bits per heavy atom. The number of carboxylic acids is 1. The lowest BCUT2D eigenvalue weighted by Crippen LogP contribution is -2.13. The van der Waals surface area contributed by atoms with Crippen molar-refractivity contribution in [3.05, 3.63) is 47.7 Å². The molecule has 0 saturated heterocycles. The van der Waals surface area contributed by atoms with Crippen molar-refractivity contribution in [3.63, 3.8) is 0 Å². The van der Waals surface area contributed by atoms with Crippen molar-refractivity contribution in [2.75, 3.05) is 12.4 Å². The summed E-state index contributed by atoms with van der Waals surface area (Å²) >= 11 is 0. The number of hydrogen-bond acceptors (Lipinski definition) is 5. The minimum absolute atomic E-state index is 0.0240. The number of anilines is 1.